The predicted molar refractivity (Wildman–Crippen MR) is 154 cm³/mol. The van der Waals surface area contributed by atoms with Gasteiger partial charge in [0, 0.05) is 22.0 Å². The second-order valence-corrected chi connectivity index (χ2v) is 11.5. The van der Waals surface area contributed by atoms with Crippen LogP contribution in [0.15, 0.2) is 53.6 Å². The number of fused-ring (bicyclic) bond motifs is 1. The molecule has 1 fully saturated rings. The van der Waals surface area contributed by atoms with Gasteiger partial charge >= 0.3 is 0 Å². The molecule has 1 atom stereocenters. The summed E-state index contributed by atoms with van der Waals surface area (Å²) in [6, 6.07) is 13.5. The van der Waals surface area contributed by atoms with Crippen molar-refractivity contribution >= 4 is 40.2 Å². The molecule has 210 valence electrons. The predicted octanol–water partition coefficient (Wildman–Crippen LogP) is 5.49. The molecule has 0 aliphatic carbocycles. The summed E-state index contributed by atoms with van der Waals surface area (Å²) < 4.78 is 10.6. The Balaban J connectivity index is 1.33. The molecule has 0 saturated carbocycles. The van der Waals surface area contributed by atoms with Crippen LogP contribution in [0.4, 0.5) is 0 Å². The van der Waals surface area contributed by atoms with E-state index in [0.29, 0.717) is 47.5 Å². The normalized spacial score (nSPS) is 16.1. The number of methoxy groups -OCH3 is 2. The van der Waals surface area contributed by atoms with Crippen molar-refractivity contribution < 1.29 is 24.6 Å². The van der Waals surface area contributed by atoms with Gasteiger partial charge in [-0.3, -0.25) is 15.0 Å². The van der Waals surface area contributed by atoms with Crippen LogP contribution in [-0.2, 0) is 4.79 Å². The number of aliphatic hydroxyl groups is 1. The number of ether oxygens (including phenoxy) is 2. The fourth-order valence-electron chi connectivity index (χ4n) is 5.25. The van der Waals surface area contributed by atoms with Crippen molar-refractivity contribution in [2.24, 2.45) is 5.41 Å². The highest BCUT2D eigenvalue weighted by Crippen LogP contribution is 2.41. The lowest BCUT2D eigenvalue weighted by atomic mass is 9.73. The van der Waals surface area contributed by atoms with Crippen LogP contribution in [0.3, 0.4) is 0 Å². The number of pyridine rings is 1. The molecule has 39 heavy (non-hydrogen) atoms. The molecule has 2 aromatic carbocycles. The van der Waals surface area contributed by atoms with Gasteiger partial charge in [-0.05, 0) is 100.0 Å². The third-order valence-corrected chi connectivity index (χ3v) is 9.04. The van der Waals surface area contributed by atoms with Crippen LogP contribution in [0, 0.1) is 5.41 Å². The number of likely N-dealkylation sites (tertiary alicyclic amines) is 1. The number of hydrogen-bond donors (Lipinski definition) is 3. The minimum atomic E-state index is -0.897. The van der Waals surface area contributed by atoms with E-state index in [1.165, 1.54) is 11.1 Å². The first-order valence-corrected chi connectivity index (χ1v) is 14.5. The minimum Gasteiger partial charge on any atom is -0.497 e. The molecule has 1 aliphatic heterocycles. The van der Waals surface area contributed by atoms with E-state index in [1.807, 2.05) is 47.6 Å². The fourth-order valence-corrected chi connectivity index (χ4v) is 6.37. The van der Waals surface area contributed by atoms with Gasteiger partial charge in [-0.2, -0.15) is 0 Å². The van der Waals surface area contributed by atoms with Gasteiger partial charge in [0.2, 0.25) is 5.91 Å². The lowest BCUT2D eigenvalue weighted by Gasteiger charge is -2.40. The van der Waals surface area contributed by atoms with Gasteiger partial charge in [-0.25, -0.2) is 5.48 Å². The van der Waals surface area contributed by atoms with Crippen molar-refractivity contribution in [3.05, 3.63) is 59.2 Å². The van der Waals surface area contributed by atoms with Crippen molar-refractivity contribution in [3.63, 3.8) is 0 Å². The Bertz CT molecular complexity index is 1250. The van der Waals surface area contributed by atoms with Crippen LogP contribution in [0.2, 0.25) is 5.02 Å². The Kier molecular flexibility index (Phi) is 10.3. The summed E-state index contributed by atoms with van der Waals surface area (Å²) in [5.74, 6) is 2.11. The van der Waals surface area contributed by atoms with Crippen LogP contribution >= 0.6 is 23.4 Å². The Morgan fingerprint density at radius 1 is 1.15 bits per heavy atom. The molecule has 1 amide bonds. The number of amides is 1. The van der Waals surface area contributed by atoms with Gasteiger partial charge in [-0.1, -0.05) is 11.6 Å². The topological polar surface area (TPSA) is 104 Å². The molecule has 4 rings (SSSR count). The molecule has 1 saturated heterocycles. The smallest absolute Gasteiger partial charge is 0.249 e. The minimum absolute atomic E-state index is 0.321. The highest BCUT2D eigenvalue weighted by atomic mass is 35.5. The number of halogens is 1. The molecule has 0 radical (unpaired) electrons. The van der Waals surface area contributed by atoms with Crippen molar-refractivity contribution in [1.82, 2.24) is 15.4 Å². The van der Waals surface area contributed by atoms with E-state index in [2.05, 4.69) is 22.0 Å². The lowest BCUT2D eigenvalue weighted by molar-refractivity contribution is -0.143. The molecule has 0 bridgehead atoms. The first kappa shape index (κ1) is 29.4. The maximum absolute atomic E-state index is 12.8. The molecule has 1 aliphatic rings. The summed E-state index contributed by atoms with van der Waals surface area (Å²) in [6.45, 7) is 2.46. The van der Waals surface area contributed by atoms with E-state index in [-0.39, 0.29) is 0 Å². The number of hydroxylamine groups is 1. The van der Waals surface area contributed by atoms with Gasteiger partial charge in [-0.15, -0.1) is 11.8 Å². The molecule has 3 aromatic rings. The molecule has 3 N–H and O–H groups in total. The zero-order valence-electron chi connectivity index (χ0n) is 22.4. The summed E-state index contributed by atoms with van der Waals surface area (Å²) in [5, 5.41) is 21.8. The molecule has 2 heterocycles. The Labute approximate surface area is 238 Å². The maximum atomic E-state index is 12.8. The second-order valence-electron chi connectivity index (χ2n) is 9.90. The van der Waals surface area contributed by atoms with E-state index < -0.39 is 17.4 Å². The molecule has 0 spiro atoms. The van der Waals surface area contributed by atoms with Gasteiger partial charge < -0.3 is 19.5 Å². The molecule has 0 unspecified atom stereocenters. The Hall–Kier alpha value is -2.56. The number of hydrogen-bond acceptors (Lipinski definition) is 8. The number of piperidine rings is 1. The van der Waals surface area contributed by atoms with Gasteiger partial charge in [0.05, 0.1) is 36.3 Å². The van der Waals surface area contributed by atoms with Crippen LogP contribution in [0.25, 0.3) is 10.9 Å². The standard InChI is InChI=1S/C29H36ClN3O5S/c1-37-20-4-7-22(8-5-20)39-17-3-14-33-15-12-29(13-16-33,28(35)32-36)11-10-26(34)27-23-18-21(38-2)6-9-25(23)31-19-24(27)30/h4-9,18-19,26,34,36H,3,10-17H2,1-2H3,(H,32,35)/t26-/m1/s1. The van der Waals surface area contributed by atoms with Gasteiger partial charge in [0.15, 0.2) is 0 Å². The number of thioether (sulfide) groups is 1. The van der Waals surface area contributed by atoms with Crippen molar-refractivity contribution in [2.75, 3.05) is 39.6 Å². The summed E-state index contributed by atoms with van der Waals surface area (Å²) >= 11 is 8.29. The molecular formula is C29H36ClN3O5S. The first-order chi connectivity index (χ1) is 18.9. The largest absolute Gasteiger partial charge is 0.497 e. The third-order valence-electron chi connectivity index (χ3n) is 7.64. The van der Waals surface area contributed by atoms with Crippen LogP contribution in [0.5, 0.6) is 11.5 Å². The Morgan fingerprint density at radius 3 is 2.51 bits per heavy atom. The van der Waals surface area contributed by atoms with Crippen molar-refractivity contribution in [1.29, 1.82) is 0 Å². The van der Waals surface area contributed by atoms with Gasteiger partial charge in [0.1, 0.15) is 11.5 Å². The molecule has 1 aromatic heterocycles. The molecule has 10 heteroatoms. The number of carbonyl (C=O) groups excluding carboxylic acids is 1. The lowest BCUT2D eigenvalue weighted by Crippen LogP contribution is -2.48. The first-order valence-electron chi connectivity index (χ1n) is 13.1. The van der Waals surface area contributed by atoms with Crippen molar-refractivity contribution in [2.45, 2.75) is 43.1 Å². The highest BCUT2D eigenvalue weighted by molar-refractivity contribution is 7.99. The molecular weight excluding hydrogens is 538 g/mol. The number of rotatable bonds is 12. The number of aliphatic hydroxyl groups excluding tert-OH is 1. The molecule has 8 nitrogen and oxygen atoms in total. The monoisotopic (exact) mass is 573 g/mol. The van der Waals surface area contributed by atoms with E-state index >= 15 is 0 Å². The summed E-state index contributed by atoms with van der Waals surface area (Å²) in [6.07, 6.45) is 3.63. The third kappa shape index (κ3) is 7.15. The zero-order chi connectivity index (χ0) is 27.8. The summed E-state index contributed by atoms with van der Waals surface area (Å²) in [4.78, 5) is 20.8. The number of aromatic nitrogens is 1. The van der Waals surface area contributed by atoms with E-state index in [9.17, 15) is 15.1 Å². The average Bonchev–Trinajstić information content (AvgIpc) is 2.98. The quantitative estimate of drug-likeness (QED) is 0.113. The number of carbonyl (C=O) groups is 1. The number of nitrogens with zero attached hydrogens (tertiary/aromatic N) is 2. The van der Waals surface area contributed by atoms with Crippen LogP contribution in [-0.4, -0.2) is 65.7 Å². The average molecular weight is 574 g/mol. The zero-order valence-corrected chi connectivity index (χ0v) is 23.9. The van der Waals surface area contributed by atoms with Crippen molar-refractivity contribution in [3.8, 4) is 11.5 Å². The van der Waals surface area contributed by atoms with Crippen LogP contribution in [0.1, 0.15) is 43.8 Å². The summed E-state index contributed by atoms with van der Waals surface area (Å²) in [5.41, 5.74) is 2.41. The maximum Gasteiger partial charge on any atom is 0.249 e. The second kappa shape index (κ2) is 13.7. The van der Waals surface area contributed by atoms with Crippen LogP contribution < -0.4 is 15.0 Å². The van der Waals surface area contributed by atoms with Gasteiger partial charge in [0.25, 0.3) is 0 Å². The highest BCUT2D eigenvalue weighted by Gasteiger charge is 2.41. The number of nitrogens with one attached hydrogen (secondary N) is 1. The fraction of sp³-hybridized carbons (Fsp3) is 0.448. The Morgan fingerprint density at radius 2 is 1.85 bits per heavy atom. The number of benzene rings is 2. The SMILES string of the molecule is COc1ccc(SCCCN2CCC(CC[C@@H](O)c3c(Cl)cnc4ccc(OC)cc34)(C(=O)NO)CC2)cc1. The van der Waals surface area contributed by atoms with E-state index in [0.717, 1.165) is 42.9 Å². The van der Waals surface area contributed by atoms with E-state index in [4.69, 9.17) is 21.1 Å². The summed E-state index contributed by atoms with van der Waals surface area (Å²) in [7, 11) is 3.25. The van der Waals surface area contributed by atoms with E-state index in [1.54, 1.807) is 14.2 Å².